The first-order valence-electron chi connectivity index (χ1n) is 24.9. The van der Waals surface area contributed by atoms with E-state index in [4.69, 9.17) is 10.5 Å². The van der Waals surface area contributed by atoms with Crippen LogP contribution in [0.2, 0.25) is 0 Å². The summed E-state index contributed by atoms with van der Waals surface area (Å²) in [7, 11) is 0. The second-order valence-electron chi connectivity index (χ2n) is 17.2. The minimum atomic E-state index is -0.999. The Morgan fingerprint density at radius 2 is 0.768 bits per heavy atom. The fourth-order valence-electron chi connectivity index (χ4n) is 7.92. The van der Waals surface area contributed by atoms with Crippen LogP contribution in [-0.2, 0) is 19.1 Å². The average Bonchev–Trinajstić information content (AvgIpc) is 3.18. The first kappa shape index (κ1) is 54.4. The predicted molar refractivity (Wildman–Crippen MR) is 239 cm³/mol. The summed E-state index contributed by atoms with van der Waals surface area (Å²) in [4.78, 5) is 36.5. The number of carbonyl (C=O) groups is 3. The Morgan fingerprint density at radius 3 is 1.11 bits per heavy atom. The lowest BCUT2D eigenvalue weighted by atomic mass is 10.0. The lowest BCUT2D eigenvalue weighted by Crippen LogP contribution is -2.40. The number of carboxylic acid groups (broad SMARTS) is 1. The zero-order chi connectivity index (χ0) is 41.0. The molecule has 0 heterocycles. The largest absolute Gasteiger partial charge is 0.480 e. The van der Waals surface area contributed by atoms with E-state index in [9.17, 15) is 19.5 Å². The van der Waals surface area contributed by atoms with Gasteiger partial charge in [0.2, 0.25) is 5.91 Å². The van der Waals surface area contributed by atoms with E-state index >= 15 is 0 Å². The zero-order valence-corrected chi connectivity index (χ0v) is 37.5. The molecule has 7 heteroatoms. The van der Waals surface area contributed by atoms with Gasteiger partial charge in [0, 0.05) is 12.8 Å². The summed E-state index contributed by atoms with van der Waals surface area (Å²) in [6, 6.07) is -0.852. The molecular weight excluding hydrogens is 697 g/mol. The number of nitrogens with two attached hydrogens (primary N) is 1. The Kier molecular flexibility index (Phi) is 43.2. The van der Waals surface area contributed by atoms with Gasteiger partial charge in [-0.05, 0) is 57.9 Å². The number of carbonyl (C=O) groups excluding carboxylic acids is 2. The van der Waals surface area contributed by atoms with Crippen LogP contribution in [0.1, 0.15) is 277 Å². The fraction of sp³-hybridized carbons (Fsp3) is 0.939. The maximum absolute atomic E-state index is 12.8. The zero-order valence-electron chi connectivity index (χ0n) is 37.5. The quantitative estimate of drug-likeness (QED) is 0.0417. The molecule has 0 bridgehead atoms. The number of unbranched alkanes of at least 4 members (excludes halogenated alkanes) is 32. The number of rotatable bonds is 46. The number of amides is 1. The Labute approximate surface area is 348 Å². The van der Waals surface area contributed by atoms with Crippen molar-refractivity contribution in [3.63, 3.8) is 0 Å². The first-order valence-corrected chi connectivity index (χ1v) is 24.9. The van der Waals surface area contributed by atoms with Gasteiger partial charge in [-0.3, -0.25) is 9.59 Å². The lowest BCUT2D eigenvalue weighted by molar-refractivity contribution is -0.150. The van der Waals surface area contributed by atoms with Crippen LogP contribution in [0.5, 0.6) is 0 Å². The summed E-state index contributed by atoms with van der Waals surface area (Å²) >= 11 is 0. The van der Waals surface area contributed by atoms with E-state index in [2.05, 4.69) is 19.2 Å². The van der Waals surface area contributed by atoms with Crippen molar-refractivity contribution in [3.05, 3.63) is 0 Å². The van der Waals surface area contributed by atoms with Gasteiger partial charge in [-0.1, -0.05) is 213 Å². The number of ether oxygens (including phenoxy) is 1. The van der Waals surface area contributed by atoms with Crippen molar-refractivity contribution in [2.75, 3.05) is 6.54 Å². The molecule has 2 unspecified atom stereocenters. The van der Waals surface area contributed by atoms with Crippen LogP contribution in [0.25, 0.3) is 0 Å². The van der Waals surface area contributed by atoms with Crippen molar-refractivity contribution in [2.24, 2.45) is 5.73 Å². The van der Waals surface area contributed by atoms with Gasteiger partial charge in [0.15, 0.2) is 0 Å². The number of carboxylic acids is 1. The molecule has 0 aromatic heterocycles. The summed E-state index contributed by atoms with van der Waals surface area (Å²) in [5, 5.41) is 12.0. The maximum atomic E-state index is 12.8. The molecule has 0 saturated carbocycles. The van der Waals surface area contributed by atoms with Crippen LogP contribution in [0.15, 0.2) is 0 Å². The highest BCUT2D eigenvalue weighted by molar-refractivity contribution is 5.83. The van der Waals surface area contributed by atoms with Crippen LogP contribution in [-0.4, -0.2) is 41.6 Å². The SMILES string of the molecule is CCCCCCCCCCCCCCCCCCCCCC(=O)OC(CCCCCCCCCCCCC)CCCCCCCC(=O)NC(CCCN)C(=O)O. The van der Waals surface area contributed by atoms with E-state index in [0.717, 1.165) is 64.2 Å². The molecule has 4 N–H and O–H groups in total. The van der Waals surface area contributed by atoms with Crippen molar-refractivity contribution >= 4 is 17.8 Å². The molecule has 56 heavy (non-hydrogen) atoms. The molecule has 0 spiro atoms. The molecule has 0 aliphatic rings. The van der Waals surface area contributed by atoms with Gasteiger partial charge in [0.05, 0.1) is 0 Å². The second-order valence-corrected chi connectivity index (χ2v) is 17.2. The predicted octanol–water partition coefficient (Wildman–Crippen LogP) is 14.5. The van der Waals surface area contributed by atoms with Gasteiger partial charge >= 0.3 is 11.9 Å². The van der Waals surface area contributed by atoms with Gasteiger partial charge < -0.3 is 20.9 Å². The molecule has 7 nitrogen and oxygen atoms in total. The van der Waals surface area contributed by atoms with Gasteiger partial charge in [0.1, 0.15) is 12.1 Å². The van der Waals surface area contributed by atoms with Crippen LogP contribution >= 0.6 is 0 Å². The topological polar surface area (TPSA) is 119 Å². The molecule has 0 aliphatic carbocycles. The highest BCUT2D eigenvalue weighted by atomic mass is 16.5. The van der Waals surface area contributed by atoms with Crippen molar-refractivity contribution < 1.29 is 24.2 Å². The summed E-state index contributed by atoms with van der Waals surface area (Å²) in [6.07, 6.45) is 48.7. The van der Waals surface area contributed by atoms with Gasteiger partial charge in [-0.15, -0.1) is 0 Å². The van der Waals surface area contributed by atoms with E-state index in [0.29, 0.717) is 32.2 Å². The van der Waals surface area contributed by atoms with Crippen LogP contribution in [0, 0.1) is 0 Å². The number of esters is 1. The molecule has 0 aromatic rings. The average molecular weight is 793 g/mol. The first-order chi connectivity index (χ1) is 27.4. The molecule has 2 atom stereocenters. The third-order valence-corrected chi connectivity index (χ3v) is 11.7. The summed E-state index contributed by atoms with van der Waals surface area (Å²) in [5.74, 6) is -1.21. The number of hydrogen-bond donors (Lipinski definition) is 3. The van der Waals surface area contributed by atoms with E-state index in [1.165, 1.54) is 173 Å². The molecule has 0 radical (unpaired) electrons. The maximum Gasteiger partial charge on any atom is 0.326 e. The molecule has 0 saturated heterocycles. The summed E-state index contributed by atoms with van der Waals surface area (Å²) < 4.78 is 6.08. The number of hydrogen-bond acceptors (Lipinski definition) is 5. The van der Waals surface area contributed by atoms with Crippen molar-refractivity contribution in [3.8, 4) is 0 Å². The van der Waals surface area contributed by atoms with Crippen LogP contribution < -0.4 is 11.1 Å². The number of aliphatic carboxylic acids is 1. The van der Waals surface area contributed by atoms with Crippen molar-refractivity contribution in [1.29, 1.82) is 0 Å². The lowest BCUT2D eigenvalue weighted by Gasteiger charge is -2.18. The van der Waals surface area contributed by atoms with E-state index < -0.39 is 12.0 Å². The monoisotopic (exact) mass is 793 g/mol. The molecular formula is C49H96N2O5. The smallest absolute Gasteiger partial charge is 0.326 e. The van der Waals surface area contributed by atoms with Gasteiger partial charge in [0.25, 0.3) is 0 Å². The van der Waals surface area contributed by atoms with Crippen molar-refractivity contribution in [2.45, 2.75) is 289 Å². The minimum Gasteiger partial charge on any atom is -0.480 e. The molecule has 1 amide bonds. The van der Waals surface area contributed by atoms with E-state index in [1.54, 1.807) is 0 Å². The number of nitrogens with one attached hydrogen (secondary N) is 1. The second kappa shape index (κ2) is 44.5. The Morgan fingerprint density at radius 1 is 0.446 bits per heavy atom. The minimum absolute atomic E-state index is 0.0119. The van der Waals surface area contributed by atoms with Crippen LogP contribution in [0.3, 0.4) is 0 Å². The van der Waals surface area contributed by atoms with Gasteiger partial charge in [-0.2, -0.15) is 0 Å². The molecule has 0 rings (SSSR count). The summed E-state index contributed by atoms with van der Waals surface area (Å²) in [5.41, 5.74) is 5.49. The van der Waals surface area contributed by atoms with Gasteiger partial charge in [-0.25, -0.2) is 4.79 Å². The molecule has 332 valence electrons. The van der Waals surface area contributed by atoms with Crippen molar-refractivity contribution in [1.82, 2.24) is 5.32 Å². The highest BCUT2D eigenvalue weighted by Crippen LogP contribution is 2.20. The Bertz CT molecular complexity index is 852. The summed E-state index contributed by atoms with van der Waals surface area (Å²) in [6.45, 7) is 4.98. The molecule has 0 aromatic carbocycles. The molecule has 0 aliphatic heterocycles. The fourth-order valence-corrected chi connectivity index (χ4v) is 7.92. The third kappa shape index (κ3) is 40.6. The van der Waals surface area contributed by atoms with E-state index in [1.807, 2.05) is 0 Å². The Hall–Kier alpha value is -1.63. The third-order valence-electron chi connectivity index (χ3n) is 11.7. The van der Waals surface area contributed by atoms with Crippen LogP contribution in [0.4, 0.5) is 0 Å². The highest BCUT2D eigenvalue weighted by Gasteiger charge is 2.19. The standard InChI is InChI=1S/C49H96N2O5/c1-3-5-7-9-11-13-15-16-17-18-19-20-21-22-24-26-28-33-37-43-48(53)56-45(39-34-30-27-25-23-14-12-10-8-6-4-2)40-35-31-29-32-36-42-47(52)51-46(49(54)55)41-38-44-50/h45-46H,3-44,50H2,1-2H3,(H,51,52)(H,54,55). The molecule has 0 fully saturated rings. The Balaban J connectivity index is 4.16. The van der Waals surface area contributed by atoms with E-state index in [-0.39, 0.29) is 18.0 Å². The normalized spacial score (nSPS) is 12.5.